The predicted octanol–water partition coefficient (Wildman–Crippen LogP) is 3.62. The summed E-state index contributed by atoms with van der Waals surface area (Å²) in [5.41, 5.74) is 7.96. The molecule has 4 rings (SSSR count). The number of ether oxygens (including phenoxy) is 2. The molecule has 8 heteroatoms. The zero-order valence-electron chi connectivity index (χ0n) is 17.5. The van der Waals surface area contributed by atoms with Crippen LogP contribution in [-0.4, -0.2) is 36.7 Å². The van der Waals surface area contributed by atoms with Crippen molar-refractivity contribution in [2.45, 2.75) is 13.0 Å². The van der Waals surface area contributed by atoms with Gasteiger partial charge in [0.05, 0.1) is 5.69 Å². The van der Waals surface area contributed by atoms with Crippen molar-refractivity contribution in [1.82, 2.24) is 4.98 Å². The lowest BCUT2D eigenvalue weighted by Gasteiger charge is -2.30. The molecule has 3 aromatic rings. The number of benzene rings is 2. The Balaban J connectivity index is 1.43. The maximum Gasteiger partial charge on any atom is 0.415 e. The second kappa shape index (κ2) is 9.82. The highest BCUT2D eigenvalue weighted by atomic mass is 16.6. The van der Waals surface area contributed by atoms with Crippen LogP contribution >= 0.6 is 0 Å². The van der Waals surface area contributed by atoms with Gasteiger partial charge in [-0.3, -0.25) is 9.69 Å². The van der Waals surface area contributed by atoms with Crippen LogP contribution in [0.5, 0.6) is 5.75 Å². The average Bonchev–Trinajstić information content (AvgIpc) is 2.82. The minimum absolute atomic E-state index is 0.0421. The van der Waals surface area contributed by atoms with Crippen LogP contribution in [0, 0.1) is 0 Å². The highest BCUT2D eigenvalue weighted by Gasteiger charge is 2.26. The van der Waals surface area contributed by atoms with E-state index >= 15 is 0 Å². The summed E-state index contributed by atoms with van der Waals surface area (Å²) in [5.74, 6) is 0.929. The first-order chi connectivity index (χ1) is 15.6. The number of nitrogens with zero attached hydrogens (tertiary/aromatic N) is 3. The van der Waals surface area contributed by atoms with E-state index < -0.39 is 6.09 Å². The fourth-order valence-electron chi connectivity index (χ4n) is 3.46. The second-order valence-corrected chi connectivity index (χ2v) is 7.29. The van der Waals surface area contributed by atoms with Crippen LogP contribution in [0.3, 0.4) is 0 Å². The van der Waals surface area contributed by atoms with Crippen molar-refractivity contribution < 1.29 is 19.1 Å². The Labute approximate surface area is 186 Å². The van der Waals surface area contributed by atoms with Gasteiger partial charge in [0.2, 0.25) is 0 Å². The molecule has 0 unspecified atom stereocenters. The van der Waals surface area contributed by atoms with Crippen molar-refractivity contribution in [3.05, 3.63) is 78.5 Å². The minimum Gasteiger partial charge on any atom is -0.481 e. The third-order valence-corrected chi connectivity index (χ3v) is 5.04. The van der Waals surface area contributed by atoms with Crippen LogP contribution in [0.15, 0.2) is 72.9 Å². The van der Waals surface area contributed by atoms with E-state index in [-0.39, 0.29) is 19.1 Å². The maximum atomic E-state index is 12.8. The Hall–Kier alpha value is -4.07. The molecule has 0 saturated carbocycles. The van der Waals surface area contributed by atoms with Crippen LogP contribution < -0.4 is 20.3 Å². The molecule has 1 aliphatic rings. The maximum absolute atomic E-state index is 12.8. The van der Waals surface area contributed by atoms with Crippen molar-refractivity contribution in [3.63, 3.8) is 0 Å². The molecule has 0 spiro atoms. The number of fused-ring (bicyclic) bond motifs is 1. The highest BCUT2D eigenvalue weighted by Crippen LogP contribution is 2.33. The summed E-state index contributed by atoms with van der Waals surface area (Å²) in [6, 6.07) is 20.0. The van der Waals surface area contributed by atoms with Gasteiger partial charge in [0.15, 0.2) is 6.61 Å². The molecule has 2 N–H and O–H groups in total. The van der Waals surface area contributed by atoms with Gasteiger partial charge in [-0.15, -0.1) is 0 Å². The number of rotatable bonds is 7. The van der Waals surface area contributed by atoms with Crippen LogP contribution in [-0.2, 0) is 16.1 Å². The molecule has 1 aromatic heterocycles. The van der Waals surface area contributed by atoms with Gasteiger partial charge in [0.1, 0.15) is 18.2 Å². The summed E-state index contributed by atoms with van der Waals surface area (Å²) in [7, 11) is 0. The smallest absolute Gasteiger partial charge is 0.415 e. The fourth-order valence-corrected chi connectivity index (χ4v) is 3.46. The van der Waals surface area contributed by atoms with Gasteiger partial charge < -0.3 is 20.1 Å². The van der Waals surface area contributed by atoms with Gasteiger partial charge in [-0.05, 0) is 36.2 Å². The first kappa shape index (κ1) is 21.2. The number of amides is 2. The second-order valence-electron chi connectivity index (χ2n) is 7.29. The molecule has 0 fully saturated rings. The molecule has 8 nitrogen and oxygen atoms in total. The molecule has 0 aliphatic carbocycles. The van der Waals surface area contributed by atoms with Gasteiger partial charge >= 0.3 is 6.09 Å². The van der Waals surface area contributed by atoms with Crippen molar-refractivity contribution in [2.24, 2.45) is 0 Å². The first-order valence-electron chi connectivity index (χ1n) is 10.3. The van der Waals surface area contributed by atoms with E-state index in [9.17, 15) is 9.59 Å². The van der Waals surface area contributed by atoms with Crippen LogP contribution in [0.1, 0.15) is 12.0 Å². The number of nitrogens with two attached hydrogens (primary N) is 1. The number of carbonyl (C=O) groups is 2. The van der Waals surface area contributed by atoms with Crippen LogP contribution in [0.25, 0.3) is 0 Å². The normalized spacial score (nSPS) is 12.6. The van der Waals surface area contributed by atoms with Crippen molar-refractivity contribution >= 4 is 29.2 Å². The van der Waals surface area contributed by atoms with E-state index in [4.69, 9.17) is 15.2 Å². The van der Waals surface area contributed by atoms with Gasteiger partial charge in [-0.25, -0.2) is 9.78 Å². The predicted molar refractivity (Wildman–Crippen MR) is 122 cm³/mol. The quantitative estimate of drug-likeness (QED) is 0.573. The molecule has 0 atom stereocenters. The molecule has 0 saturated heterocycles. The summed E-state index contributed by atoms with van der Waals surface area (Å²) in [6.45, 7) is 0.868. The molecule has 0 bridgehead atoms. The van der Waals surface area contributed by atoms with Gasteiger partial charge in [-0.1, -0.05) is 36.4 Å². The molecule has 164 valence electrons. The van der Waals surface area contributed by atoms with Gasteiger partial charge in [0.25, 0.3) is 5.91 Å². The van der Waals surface area contributed by atoms with E-state index in [2.05, 4.69) is 4.98 Å². The zero-order chi connectivity index (χ0) is 22.3. The average molecular weight is 432 g/mol. The standard InChI is InChI=1S/C24H24N4O4/c25-19-10-11-20-21(15-19)31-17-23(29)27(20)13-6-14-28(22-9-4-5-12-26-22)24(30)32-16-18-7-2-1-3-8-18/h1-5,7-12,15H,6,13-14,16-17,25H2. The summed E-state index contributed by atoms with van der Waals surface area (Å²) < 4.78 is 11.0. The number of hydrogen-bond donors (Lipinski definition) is 1. The SMILES string of the molecule is Nc1ccc2c(c1)OCC(=O)N2CCCN(C(=O)OCc1ccccc1)c1ccccn1. The van der Waals surface area contributed by atoms with Gasteiger partial charge in [0, 0.05) is 31.0 Å². The molecule has 2 aromatic carbocycles. The summed E-state index contributed by atoms with van der Waals surface area (Å²) >= 11 is 0. The summed E-state index contributed by atoms with van der Waals surface area (Å²) in [4.78, 5) is 32.7. The van der Waals surface area contributed by atoms with E-state index in [1.54, 1.807) is 41.4 Å². The first-order valence-corrected chi connectivity index (χ1v) is 10.3. The lowest BCUT2D eigenvalue weighted by molar-refractivity contribution is -0.121. The fraction of sp³-hybridized carbons (Fsp3) is 0.208. The third kappa shape index (κ3) is 4.97. The molecular weight excluding hydrogens is 408 g/mol. The number of nitrogen functional groups attached to an aromatic ring is 1. The van der Waals surface area contributed by atoms with Gasteiger partial charge in [-0.2, -0.15) is 0 Å². The highest BCUT2D eigenvalue weighted by molar-refractivity contribution is 5.98. The molecule has 2 heterocycles. The molecule has 1 aliphatic heterocycles. The van der Waals surface area contributed by atoms with Crippen LogP contribution in [0.4, 0.5) is 22.0 Å². The molecule has 2 amide bonds. The number of carbonyl (C=O) groups excluding carboxylic acids is 2. The molecule has 32 heavy (non-hydrogen) atoms. The lowest BCUT2D eigenvalue weighted by atomic mass is 10.2. The van der Waals surface area contributed by atoms with E-state index in [1.807, 2.05) is 36.4 Å². The Morgan fingerprint density at radius 2 is 1.94 bits per heavy atom. The minimum atomic E-state index is -0.492. The largest absolute Gasteiger partial charge is 0.481 e. The number of pyridine rings is 1. The van der Waals surface area contributed by atoms with Crippen molar-refractivity contribution in [1.29, 1.82) is 0 Å². The van der Waals surface area contributed by atoms with Crippen molar-refractivity contribution in [3.8, 4) is 5.75 Å². The number of anilines is 3. The van der Waals surface area contributed by atoms with Crippen LogP contribution in [0.2, 0.25) is 0 Å². The Kier molecular flexibility index (Phi) is 6.50. The Morgan fingerprint density at radius 3 is 2.72 bits per heavy atom. The van der Waals surface area contributed by atoms with Crippen molar-refractivity contribution in [2.75, 3.05) is 35.2 Å². The molecule has 0 radical (unpaired) electrons. The Morgan fingerprint density at radius 1 is 1.12 bits per heavy atom. The number of hydrogen-bond acceptors (Lipinski definition) is 6. The summed E-state index contributed by atoms with van der Waals surface area (Å²) in [5, 5.41) is 0. The van der Waals surface area contributed by atoms with E-state index in [0.717, 1.165) is 5.56 Å². The topological polar surface area (TPSA) is 98.0 Å². The third-order valence-electron chi connectivity index (χ3n) is 5.04. The number of aromatic nitrogens is 1. The van der Waals surface area contributed by atoms with E-state index in [0.29, 0.717) is 42.5 Å². The zero-order valence-corrected chi connectivity index (χ0v) is 17.5. The lowest BCUT2D eigenvalue weighted by Crippen LogP contribution is -2.41. The monoisotopic (exact) mass is 432 g/mol. The Bertz CT molecular complexity index is 1080. The summed E-state index contributed by atoms with van der Waals surface area (Å²) in [6.07, 6.45) is 1.65. The van der Waals surface area contributed by atoms with E-state index in [1.165, 1.54) is 4.90 Å². The molecular formula is C24H24N4O4.